The number of ether oxygens (including phenoxy) is 2. The van der Waals surface area contributed by atoms with Crippen LogP contribution in [0.4, 0.5) is 5.69 Å². The minimum Gasteiger partial charge on any atom is -0.496 e. The summed E-state index contributed by atoms with van der Waals surface area (Å²) in [4.78, 5) is 63.2. The number of aryl methyl sites for hydroxylation is 1. The Morgan fingerprint density at radius 1 is 1.20 bits per heavy atom. The molecule has 0 fully saturated rings. The Bertz CT molecular complexity index is 2140. The molecule has 0 bridgehead atoms. The number of nitro groups is 1. The molecule has 15 heteroatoms. The maximum atomic E-state index is 14.2. The fourth-order valence-electron chi connectivity index (χ4n) is 4.77. The molecule has 4 aromatic rings. The van der Waals surface area contributed by atoms with Crippen molar-refractivity contribution >= 4 is 52.4 Å². The van der Waals surface area contributed by atoms with Gasteiger partial charge >= 0.3 is 5.97 Å². The molecular formula is C30H26ClN5O7S2. The number of thiazole rings is 1. The lowest BCUT2D eigenvalue weighted by Gasteiger charge is -2.26. The molecule has 0 radical (unpaired) electrons. The van der Waals surface area contributed by atoms with Gasteiger partial charge in [0.25, 0.3) is 16.8 Å². The number of halogens is 1. The molecule has 232 valence electrons. The molecule has 1 atom stereocenters. The molecule has 1 aliphatic rings. The first kappa shape index (κ1) is 31.9. The molecule has 0 amide bonds. The predicted octanol–water partition coefficient (Wildman–Crippen LogP) is 4.30. The number of nitrogens with one attached hydrogen (secondary N) is 1. The van der Waals surface area contributed by atoms with E-state index in [1.807, 2.05) is 0 Å². The molecule has 2 aromatic heterocycles. The average Bonchev–Trinajstić information content (AvgIpc) is 3.26. The van der Waals surface area contributed by atoms with Crippen molar-refractivity contribution in [2.24, 2.45) is 4.99 Å². The lowest BCUT2D eigenvalue weighted by molar-refractivity contribution is -0.384. The van der Waals surface area contributed by atoms with Gasteiger partial charge in [0, 0.05) is 39.4 Å². The molecule has 0 aliphatic carbocycles. The van der Waals surface area contributed by atoms with Crippen LogP contribution in [0.1, 0.15) is 43.6 Å². The minimum atomic E-state index is -0.996. The summed E-state index contributed by atoms with van der Waals surface area (Å²) in [7, 11) is 1.47. The van der Waals surface area contributed by atoms with Crippen LogP contribution in [0.25, 0.3) is 6.08 Å². The van der Waals surface area contributed by atoms with Gasteiger partial charge in [0.2, 0.25) is 0 Å². The summed E-state index contributed by atoms with van der Waals surface area (Å²) in [6, 6.07) is 9.44. The number of fused-ring (bicyclic) bond motifs is 1. The van der Waals surface area contributed by atoms with E-state index in [4.69, 9.17) is 21.1 Å². The minimum absolute atomic E-state index is 0.143. The van der Waals surface area contributed by atoms with Gasteiger partial charge < -0.3 is 14.5 Å². The van der Waals surface area contributed by atoms with Gasteiger partial charge in [-0.05, 0) is 63.6 Å². The molecule has 1 N–H and O–H groups in total. The second kappa shape index (κ2) is 12.8. The number of hydrogen-bond acceptors (Lipinski definition) is 11. The normalized spacial score (nSPS) is 14.7. The third-order valence-corrected chi connectivity index (χ3v) is 8.81. The van der Waals surface area contributed by atoms with E-state index in [1.54, 1.807) is 45.9 Å². The SMILES string of the molecule is COc1ccc(Cl)cc1[C@H]1C(C(=O)OC(C)C)=C(C)N=c2s/c(=C\c3cc([N+](=O)[O-])ccc3Sc3nc(C)cc(=O)[nH]3)c(=O)n21. The van der Waals surface area contributed by atoms with E-state index >= 15 is 0 Å². The fourth-order valence-corrected chi connectivity index (χ4v) is 6.91. The van der Waals surface area contributed by atoms with Crippen LogP contribution in [0.5, 0.6) is 5.75 Å². The largest absolute Gasteiger partial charge is 0.496 e. The Hall–Kier alpha value is -4.53. The first-order chi connectivity index (χ1) is 21.4. The van der Waals surface area contributed by atoms with Crippen LogP contribution in [0.2, 0.25) is 5.02 Å². The number of non-ortho nitro benzene ring substituents is 1. The highest BCUT2D eigenvalue weighted by atomic mass is 35.5. The first-order valence-corrected chi connectivity index (χ1v) is 15.5. The maximum absolute atomic E-state index is 14.2. The number of aromatic amines is 1. The zero-order chi connectivity index (χ0) is 32.6. The predicted molar refractivity (Wildman–Crippen MR) is 170 cm³/mol. The number of benzene rings is 2. The molecule has 0 spiro atoms. The number of methoxy groups -OCH3 is 1. The monoisotopic (exact) mass is 667 g/mol. The maximum Gasteiger partial charge on any atom is 0.338 e. The second-order valence-electron chi connectivity index (χ2n) is 10.2. The molecule has 45 heavy (non-hydrogen) atoms. The number of hydrogen-bond donors (Lipinski definition) is 1. The summed E-state index contributed by atoms with van der Waals surface area (Å²) in [5, 5.41) is 12.3. The second-order valence-corrected chi connectivity index (χ2v) is 12.7. The standard InChI is InChI=1S/C30H26ClN5O7S2/c1-14(2)43-28(39)25-16(4)33-30-35(26(25)20-13-18(31)6-8-21(20)42-5)27(38)23(45-30)12-17-11-19(36(40)41)7-9-22(17)44-29-32-15(3)10-24(37)34-29/h6-14,26H,1-5H3,(H,32,34,37)/b23-12-/t26-/m0/s1. The van der Waals surface area contributed by atoms with Crippen molar-refractivity contribution in [2.75, 3.05) is 7.11 Å². The van der Waals surface area contributed by atoms with Crippen molar-refractivity contribution in [2.45, 2.75) is 49.9 Å². The third kappa shape index (κ3) is 6.62. The van der Waals surface area contributed by atoms with E-state index in [2.05, 4.69) is 15.0 Å². The number of aromatic nitrogens is 3. The molecule has 1 aliphatic heterocycles. The van der Waals surface area contributed by atoms with Gasteiger partial charge in [0.15, 0.2) is 9.96 Å². The highest BCUT2D eigenvalue weighted by molar-refractivity contribution is 7.99. The number of allylic oxidation sites excluding steroid dienone is 1. The Kier molecular flexibility index (Phi) is 9.09. The van der Waals surface area contributed by atoms with Crippen LogP contribution in [0.3, 0.4) is 0 Å². The fraction of sp³-hybridized carbons (Fsp3) is 0.233. The Morgan fingerprint density at radius 2 is 1.96 bits per heavy atom. The van der Waals surface area contributed by atoms with Crippen molar-refractivity contribution < 1.29 is 19.2 Å². The van der Waals surface area contributed by atoms with Gasteiger partial charge in [-0.2, -0.15) is 0 Å². The quantitative estimate of drug-likeness (QED) is 0.125. The number of carbonyl (C=O) groups is 1. The van der Waals surface area contributed by atoms with E-state index in [0.29, 0.717) is 43.0 Å². The van der Waals surface area contributed by atoms with Crippen molar-refractivity contribution in [3.8, 4) is 5.75 Å². The van der Waals surface area contributed by atoms with Crippen molar-refractivity contribution in [3.63, 3.8) is 0 Å². The van der Waals surface area contributed by atoms with E-state index in [0.717, 1.165) is 23.1 Å². The van der Waals surface area contributed by atoms with Gasteiger partial charge in [-0.1, -0.05) is 34.7 Å². The highest BCUT2D eigenvalue weighted by Crippen LogP contribution is 2.37. The lowest BCUT2D eigenvalue weighted by Crippen LogP contribution is -2.40. The van der Waals surface area contributed by atoms with Gasteiger partial charge in [0.05, 0.1) is 33.9 Å². The number of H-pyrrole nitrogens is 1. The summed E-state index contributed by atoms with van der Waals surface area (Å²) in [5.74, 6) is -0.259. The third-order valence-electron chi connectivity index (χ3n) is 6.62. The molecular weight excluding hydrogens is 642 g/mol. The van der Waals surface area contributed by atoms with E-state index < -0.39 is 28.6 Å². The van der Waals surface area contributed by atoms with Gasteiger partial charge in [-0.25, -0.2) is 14.8 Å². The number of nitrogens with zero attached hydrogens (tertiary/aromatic N) is 4. The van der Waals surface area contributed by atoms with Crippen molar-refractivity contribution in [1.29, 1.82) is 0 Å². The van der Waals surface area contributed by atoms with Gasteiger partial charge in [-0.3, -0.25) is 24.3 Å². The molecule has 5 rings (SSSR count). The van der Waals surface area contributed by atoms with Crippen molar-refractivity contribution in [1.82, 2.24) is 14.5 Å². The van der Waals surface area contributed by atoms with E-state index in [-0.39, 0.29) is 26.5 Å². The zero-order valence-corrected chi connectivity index (χ0v) is 27.0. The lowest BCUT2D eigenvalue weighted by atomic mass is 9.95. The number of carbonyl (C=O) groups excluding carboxylic acids is 1. The van der Waals surface area contributed by atoms with Gasteiger partial charge in [-0.15, -0.1) is 0 Å². The van der Waals surface area contributed by atoms with Crippen LogP contribution in [0, 0.1) is 17.0 Å². The summed E-state index contributed by atoms with van der Waals surface area (Å²) >= 11 is 8.52. The number of nitro benzene ring substituents is 1. The summed E-state index contributed by atoms with van der Waals surface area (Å²) < 4.78 is 12.7. The Labute approximate surface area is 268 Å². The van der Waals surface area contributed by atoms with Crippen LogP contribution in [-0.4, -0.2) is 38.6 Å². The van der Waals surface area contributed by atoms with Crippen LogP contribution < -0.4 is 25.2 Å². The summed E-state index contributed by atoms with van der Waals surface area (Å²) in [6.07, 6.45) is 1.08. The summed E-state index contributed by atoms with van der Waals surface area (Å²) in [6.45, 7) is 6.77. The topological polar surface area (TPSA) is 159 Å². The Balaban J connectivity index is 1.75. The highest BCUT2D eigenvalue weighted by Gasteiger charge is 2.35. The molecule has 0 unspecified atom stereocenters. The number of rotatable bonds is 8. The summed E-state index contributed by atoms with van der Waals surface area (Å²) in [5.41, 5.74) is 0.736. The van der Waals surface area contributed by atoms with Crippen LogP contribution >= 0.6 is 34.7 Å². The molecule has 3 heterocycles. The Morgan fingerprint density at radius 3 is 2.62 bits per heavy atom. The van der Waals surface area contributed by atoms with E-state index in [1.165, 1.54) is 42.0 Å². The van der Waals surface area contributed by atoms with Crippen LogP contribution in [-0.2, 0) is 9.53 Å². The smallest absolute Gasteiger partial charge is 0.338 e. The van der Waals surface area contributed by atoms with Crippen LogP contribution in [0.15, 0.2) is 78.4 Å². The molecule has 0 saturated heterocycles. The molecule has 0 saturated carbocycles. The zero-order valence-electron chi connectivity index (χ0n) is 24.6. The number of esters is 1. The van der Waals surface area contributed by atoms with E-state index in [9.17, 15) is 24.5 Å². The van der Waals surface area contributed by atoms with Crippen molar-refractivity contribution in [3.05, 3.63) is 116 Å². The first-order valence-electron chi connectivity index (χ1n) is 13.5. The van der Waals surface area contributed by atoms with Gasteiger partial charge in [0.1, 0.15) is 11.8 Å². The molecule has 12 nitrogen and oxygen atoms in total. The molecule has 2 aromatic carbocycles. The average molecular weight is 668 g/mol.